The summed E-state index contributed by atoms with van der Waals surface area (Å²) in [5.74, 6) is -2.19. The van der Waals surface area contributed by atoms with E-state index >= 15 is 0 Å². The van der Waals surface area contributed by atoms with E-state index in [1.165, 1.54) is 0 Å². The van der Waals surface area contributed by atoms with Gasteiger partial charge in [-0.15, -0.1) is 0 Å². The van der Waals surface area contributed by atoms with E-state index in [9.17, 15) is 19.2 Å². The first kappa shape index (κ1) is 30.1. The van der Waals surface area contributed by atoms with Gasteiger partial charge in [-0.3, -0.25) is 19.2 Å². The van der Waals surface area contributed by atoms with Crippen LogP contribution in [0.3, 0.4) is 0 Å². The minimum atomic E-state index is -1.35. The number of carbonyl (C=O) groups excluding carboxylic acids is 4. The molecule has 1 N–H and O–H groups in total. The topological polar surface area (TPSA) is 130 Å². The number of rotatable bonds is 13. The van der Waals surface area contributed by atoms with Crippen molar-refractivity contribution in [2.45, 2.75) is 110 Å². The molecule has 0 amide bonds. The number of ether oxygens (including phenoxy) is 5. The van der Waals surface area contributed by atoms with E-state index in [0.717, 1.165) is 16.5 Å². The summed E-state index contributed by atoms with van der Waals surface area (Å²) in [6.07, 6.45) is -1.42. The zero-order valence-electron chi connectivity index (χ0n) is 23.1. The maximum Gasteiger partial charge on any atom is 0.308 e. The second-order valence-corrected chi connectivity index (χ2v) is 9.67. The van der Waals surface area contributed by atoms with Crippen molar-refractivity contribution in [1.82, 2.24) is 4.98 Å². The Morgan fingerprint density at radius 2 is 1.28 bits per heavy atom. The van der Waals surface area contributed by atoms with Crippen LogP contribution in [0.4, 0.5) is 0 Å². The van der Waals surface area contributed by atoms with Crippen LogP contribution >= 0.6 is 0 Å². The second kappa shape index (κ2) is 14.7. The van der Waals surface area contributed by atoms with E-state index in [-0.39, 0.29) is 25.7 Å². The number of benzene rings is 1. The fourth-order valence-corrected chi connectivity index (χ4v) is 4.50. The number of nitrogens with one attached hydrogen (secondary N) is 1. The average Bonchev–Trinajstić information content (AvgIpc) is 3.31. The van der Waals surface area contributed by atoms with Crippen LogP contribution in [0.25, 0.3) is 10.9 Å². The van der Waals surface area contributed by atoms with Gasteiger partial charge in [-0.2, -0.15) is 0 Å². The Kier molecular flexibility index (Phi) is 11.3. The molecular formula is C29H39NO9. The highest BCUT2D eigenvalue weighted by Gasteiger charge is 2.52. The molecule has 1 fully saturated rings. The first-order valence-corrected chi connectivity index (χ1v) is 13.8. The quantitative estimate of drug-likeness (QED) is 0.285. The summed E-state index contributed by atoms with van der Waals surface area (Å²) in [6.45, 7) is 7.10. The number of para-hydroxylation sites is 1. The molecule has 10 nitrogen and oxygen atoms in total. The van der Waals surface area contributed by atoms with Crippen LogP contribution in [0.5, 0.6) is 0 Å². The molecular weight excluding hydrogens is 506 g/mol. The summed E-state index contributed by atoms with van der Waals surface area (Å²) in [5.41, 5.74) is 1.93. The highest BCUT2D eigenvalue weighted by molar-refractivity contribution is 5.83. The van der Waals surface area contributed by atoms with Gasteiger partial charge in [-0.1, -0.05) is 39.0 Å². The van der Waals surface area contributed by atoms with E-state index in [1.807, 2.05) is 51.2 Å². The van der Waals surface area contributed by atoms with Gasteiger partial charge in [-0.25, -0.2) is 0 Å². The number of hydrogen-bond acceptors (Lipinski definition) is 9. The van der Waals surface area contributed by atoms with Crippen molar-refractivity contribution < 1.29 is 42.9 Å². The molecule has 0 aliphatic carbocycles. The molecule has 0 spiro atoms. The van der Waals surface area contributed by atoms with Crippen molar-refractivity contribution in [2.75, 3.05) is 0 Å². The standard InChI is InChI=1S/C29H39NO9/c1-5-10-22(31)36-26-18(4)35-29(28(38-24(33)12-7-3)27(26)37-23(32)11-6-2)39-25(34)16-15-19-17-30-21-14-9-8-13-20(19)21/h8-9,13-14,17-18,26-30H,5-7,10-12,15-16H2,1-4H3/t18-,26+,27+,28-,29+/m0/s1. The number of hydrogen-bond donors (Lipinski definition) is 1. The lowest BCUT2D eigenvalue weighted by atomic mass is 9.98. The predicted octanol–water partition coefficient (Wildman–Crippen LogP) is 4.52. The fourth-order valence-electron chi connectivity index (χ4n) is 4.50. The molecule has 2 heterocycles. The summed E-state index contributed by atoms with van der Waals surface area (Å²) in [7, 11) is 0. The first-order chi connectivity index (χ1) is 18.8. The molecule has 1 aliphatic heterocycles. The van der Waals surface area contributed by atoms with Crippen molar-refractivity contribution >= 4 is 34.8 Å². The first-order valence-electron chi connectivity index (χ1n) is 13.8. The zero-order chi connectivity index (χ0) is 28.4. The van der Waals surface area contributed by atoms with E-state index in [2.05, 4.69) is 4.98 Å². The molecule has 5 atom stereocenters. The van der Waals surface area contributed by atoms with Gasteiger partial charge in [-0.05, 0) is 44.2 Å². The van der Waals surface area contributed by atoms with E-state index in [0.29, 0.717) is 25.7 Å². The molecule has 0 saturated carbocycles. The van der Waals surface area contributed by atoms with Gasteiger partial charge in [0.05, 0.1) is 6.10 Å². The van der Waals surface area contributed by atoms with Crippen molar-refractivity contribution in [3.05, 3.63) is 36.0 Å². The molecule has 1 aromatic carbocycles. The third kappa shape index (κ3) is 8.29. The second-order valence-electron chi connectivity index (χ2n) is 9.67. The Labute approximate surface area is 228 Å². The Morgan fingerprint density at radius 3 is 1.90 bits per heavy atom. The molecule has 0 unspecified atom stereocenters. The Morgan fingerprint density at radius 1 is 0.744 bits per heavy atom. The maximum atomic E-state index is 12.9. The fraction of sp³-hybridized carbons (Fsp3) is 0.586. The number of aromatic nitrogens is 1. The van der Waals surface area contributed by atoms with E-state index < -0.39 is 54.6 Å². The lowest BCUT2D eigenvalue weighted by Crippen LogP contribution is -2.61. The van der Waals surface area contributed by atoms with Crippen LogP contribution in [0, 0.1) is 0 Å². The summed E-state index contributed by atoms with van der Waals surface area (Å²) in [4.78, 5) is 53.6. The number of fused-ring (bicyclic) bond motifs is 1. The number of aryl methyl sites for hydroxylation is 1. The van der Waals surface area contributed by atoms with Gasteiger partial charge in [0.1, 0.15) is 0 Å². The highest BCUT2D eigenvalue weighted by Crippen LogP contribution is 2.31. The third-order valence-electron chi connectivity index (χ3n) is 6.41. The van der Waals surface area contributed by atoms with Gasteiger partial charge in [0, 0.05) is 42.8 Å². The van der Waals surface area contributed by atoms with Crippen LogP contribution < -0.4 is 0 Å². The number of esters is 4. The maximum absolute atomic E-state index is 12.9. The third-order valence-corrected chi connectivity index (χ3v) is 6.41. The Balaban J connectivity index is 1.80. The zero-order valence-corrected chi connectivity index (χ0v) is 23.1. The molecule has 10 heteroatoms. The number of carbonyl (C=O) groups is 4. The van der Waals surface area contributed by atoms with Crippen molar-refractivity contribution in [3.63, 3.8) is 0 Å². The SMILES string of the molecule is CCCC(=O)O[C@H]1[C@H](OC(=O)CCC)[C@@H](OC(=O)CCc2c[nH]c3ccccc23)O[C@@H](C)[C@H]1OC(=O)CCC. The van der Waals surface area contributed by atoms with E-state index in [4.69, 9.17) is 23.7 Å². The summed E-state index contributed by atoms with van der Waals surface area (Å²) in [5, 5.41) is 1.01. The molecule has 1 aliphatic rings. The Bertz CT molecular complexity index is 1130. The molecule has 0 radical (unpaired) electrons. The summed E-state index contributed by atoms with van der Waals surface area (Å²) in [6, 6.07) is 7.77. The lowest BCUT2D eigenvalue weighted by molar-refractivity contribution is -0.294. The number of aromatic amines is 1. The van der Waals surface area contributed by atoms with Crippen LogP contribution in [0.1, 0.15) is 78.2 Å². The molecule has 3 rings (SSSR count). The van der Waals surface area contributed by atoms with Crippen LogP contribution in [-0.4, -0.2) is 59.6 Å². The van der Waals surface area contributed by atoms with Crippen LogP contribution in [0.2, 0.25) is 0 Å². The van der Waals surface area contributed by atoms with Crippen LogP contribution in [-0.2, 0) is 49.3 Å². The van der Waals surface area contributed by atoms with Gasteiger partial charge in [0.15, 0.2) is 12.2 Å². The van der Waals surface area contributed by atoms with Crippen molar-refractivity contribution in [2.24, 2.45) is 0 Å². The normalized spacial score (nSPS) is 22.7. The predicted molar refractivity (Wildman–Crippen MR) is 141 cm³/mol. The summed E-state index contributed by atoms with van der Waals surface area (Å²) >= 11 is 0. The van der Waals surface area contributed by atoms with E-state index in [1.54, 1.807) is 6.92 Å². The van der Waals surface area contributed by atoms with Gasteiger partial charge < -0.3 is 28.7 Å². The molecule has 1 aromatic heterocycles. The van der Waals surface area contributed by atoms with Crippen molar-refractivity contribution in [3.8, 4) is 0 Å². The molecule has 2 aromatic rings. The Hall–Kier alpha value is -3.40. The molecule has 0 bridgehead atoms. The molecule has 214 valence electrons. The summed E-state index contributed by atoms with van der Waals surface area (Å²) < 4.78 is 28.5. The molecule has 1 saturated heterocycles. The van der Waals surface area contributed by atoms with Gasteiger partial charge in [0.2, 0.25) is 12.4 Å². The minimum absolute atomic E-state index is 0.0426. The largest absolute Gasteiger partial charge is 0.455 e. The smallest absolute Gasteiger partial charge is 0.308 e. The minimum Gasteiger partial charge on any atom is -0.455 e. The highest BCUT2D eigenvalue weighted by atomic mass is 16.7. The van der Waals surface area contributed by atoms with Crippen molar-refractivity contribution in [1.29, 1.82) is 0 Å². The number of H-pyrrole nitrogens is 1. The van der Waals surface area contributed by atoms with Gasteiger partial charge in [0.25, 0.3) is 0 Å². The van der Waals surface area contributed by atoms with Crippen LogP contribution in [0.15, 0.2) is 30.5 Å². The monoisotopic (exact) mass is 545 g/mol. The lowest BCUT2D eigenvalue weighted by Gasteiger charge is -2.43. The van der Waals surface area contributed by atoms with Gasteiger partial charge >= 0.3 is 23.9 Å². The molecule has 39 heavy (non-hydrogen) atoms. The average molecular weight is 546 g/mol.